The lowest BCUT2D eigenvalue weighted by atomic mass is 10.1. The minimum Gasteiger partial charge on any atom is -0.351 e. The van der Waals surface area contributed by atoms with E-state index in [2.05, 4.69) is 5.32 Å². The summed E-state index contributed by atoms with van der Waals surface area (Å²) in [6.45, 7) is 0. The van der Waals surface area contributed by atoms with Gasteiger partial charge in [0.2, 0.25) is 0 Å². The normalized spacial score (nSPS) is 9.50. The molecule has 0 saturated heterocycles. The molecule has 0 radical (unpaired) electrons. The molecule has 2 amide bonds. The van der Waals surface area contributed by atoms with Crippen LogP contribution in [0.25, 0.3) is 0 Å². The molecule has 14 heavy (non-hydrogen) atoms. The lowest BCUT2D eigenvalue weighted by Gasteiger charge is -2.02. The number of halogens is 1. The number of hydrogen-bond donors (Lipinski definition) is 2. The molecule has 0 saturated carbocycles. The van der Waals surface area contributed by atoms with Gasteiger partial charge in [-0.05, 0) is 24.3 Å². The smallest absolute Gasteiger partial charge is 0.316 e. The first-order valence-electron chi connectivity index (χ1n) is 3.89. The lowest BCUT2D eigenvalue weighted by Crippen LogP contribution is -2.19. The fourth-order valence-corrected chi connectivity index (χ4v) is 1.11. The highest BCUT2D eigenvalue weighted by molar-refractivity contribution is 6.30. The lowest BCUT2D eigenvalue weighted by molar-refractivity contribution is 0.102. The SMILES string of the molecule is NC(=O)Nc1ccc(C(=O)CCl)cc1. The van der Waals surface area contributed by atoms with Crippen molar-refractivity contribution in [2.75, 3.05) is 11.2 Å². The Balaban J connectivity index is 2.78. The monoisotopic (exact) mass is 212 g/mol. The van der Waals surface area contributed by atoms with Crippen molar-refractivity contribution in [1.82, 2.24) is 0 Å². The molecule has 0 heterocycles. The predicted octanol–water partition coefficient (Wildman–Crippen LogP) is 1.60. The topological polar surface area (TPSA) is 72.2 Å². The first-order chi connectivity index (χ1) is 6.63. The highest BCUT2D eigenvalue weighted by Gasteiger charge is 2.03. The summed E-state index contributed by atoms with van der Waals surface area (Å²) in [5, 5.41) is 2.38. The summed E-state index contributed by atoms with van der Waals surface area (Å²) in [6, 6.07) is 5.70. The van der Waals surface area contributed by atoms with Crippen LogP contribution >= 0.6 is 11.6 Å². The largest absolute Gasteiger partial charge is 0.351 e. The molecule has 0 fully saturated rings. The van der Waals surface area contributed by atoms with E-state index in [-0.39, 0.29) is 11.7 Å². The van der Waals surface area contributed by atoms with Crippen LogP contribution in [-0.2, 0) is 0 Å². The van der Waals surface area contributed by atoms with Crippen LogP contribution in [0.1, 0.15) is 10.4 Å². The Bertz CT molecular complexity index is 348. The van der Waals surface area contributed by atoms with Gasteiger partial charge in [-0.2, -0.15) is 0 Å². The van der Waals surface area contributed by atoms with Gasteiger partial charge in [-0.25, -0.2) is 4.79 Å². The average Bonchev–Trinajstić information content (AvgIpc) is 2.17. The van der Waals surface area contributed by atoms with Crippen LogP contribution in [0.2, 0.25) is 0 Å². The molecule has 0 aliphatic heterocycles. The molecule has 1 rings (SSSR count). The molecule has 0 atom stereocenters. The van der Waals surface area contributed by atoms with E-state index in [9.17, 15) is 9.59 Å². The molecular formula is C9H9ClN2O2. The van der Waals surface area contributed by atoms with E-state index < -0.39 is 6.03 Å². The zero-order chi connectivity index (χ0) is 10.6. The third kappa shape index (κ3) is 2.74. The Hall–Kier alpha value is -1.55. The average molecular weight is 213 g/mol. The van der Waals surface area contributed by atoms with Gasteiger partial charge in [-0.15, -0.1) is 11.6 Å². The van der Waals surface area contributed by atoms with Crippen molar-refractivity contribution in [3.05, 3.63) is 29.8 Å². The third-order valence-corrected chi connectivity index (χ3v) is 1.84. The van der Waals surface area contributed by atoms with Crippen LogP contribution < -0.4 is 11.1 Å². The van der Waals surface area contributed by atoms with Crippen LogP contribution in [0.4, 0.5) is 10.5 Å². The summed E-state index contributed by atoms with van der Waals surface area (Å²) < 4.78 is 0. The molecule has 0 unspecified atom stereocenters. The Morgan fingerprint density at radius 2 is 1.86 bits per heavy atom. The van der Waals surface area contributed by atoms with Gasteiger partial charge in [-0.3, -0.25) is 4.79 Å². The fourth-order valence-electron chi connectivity index (χ4n) is 0.959. The second-order valence-corrected chi connectivity index (χ2v) is 2.89. The zero-order valence-corrected chi connectivity index (χ0v) is 8.04. The number of nitrogens with one attached hydrogen (secondary N) is 1. The number of Topliss-reactive ketones (excluding diaryl/α,β-unsaturated/α-hetero) is 1. The van der Waals surface area contributed by atoms with E-state index in [0.29, 0.717) is 11.3 Å². The van der Waals surface area contributed by atoms with Gasteiger partial charge in [0.05, 0.1) is 5.88 Å². The summed E-state index contributed by atoms with van der Waals surface area (Å²) in [4.78, 5) is 21.6. The molecule has 1 aromatic carbocycles. The molecule has 0 aromatic heterocycles. The number of carbonyl (C=O) groups excluding carboxylic acids is 2. The Kier molecular flexibility index (Phi) is 3.48. The molecule has 74 valence electrons. The molecule has 1 aromatic rings. The van der Waals surface area contributed by atoms with Crippen molar-refractivity contribution < 1.29 is 9.59 Å². The number of alkyl halides is 1. The van der Waals surface area contributed by atoms with Crippen molar-refractivity contribution in [3.63, 3.8) is 0 Å². The summed E-state index contributed by atoms with van der Waals surface area (Å²) in [5.41, 5.74) is 5.96. The van der Waals surface area contributed by atoms with E-state index >= 15 is 0 Å². The Labute approximate surface area is 86.0 Å². The van der Waals surface area contributed by atoms with Gasteiger partial charge in [0.15, 0.2) is 5.78 Å². The fraction of sp³-hybridized carbons (Fsp3) is 0.111. The van der Waals surface area contributed by atoms with Gasteiger partial charge in [-0.1, -0.05) is 0 Å². The predicted molar refractivity (Wildman–Crippen MR) is 54.7 cm³/mol. The van der Waals surface area contributed by atoms with Gasteiger partial charge in [0.25, 0.3) is 0 Å². The number of urea groups is 1. The van der Waals surface area contributed by atoms with E-state index in [1.807, 2.05) is 0 Å². The standard InChI is InChI=1S/C9H9ClN2O2/c10-5-8(13)6-1-3-7(4-2-6)12-9(11)14/h1-4H,5H2,(H3,11,12,14). The molecular weight excluding hydrogens is 204 g/mol. The first-order valence-corrected chi connectivity index (χ1v) is 4.42. The van der Waals surface area contributed by atoms with Gasteiger partial charge < -0.3 is 11.1 Å². The van der Waals surface area contributed by atoms with E-state index in [1.54, 1.807) is 24.3 Å². The highest BCUT2D eigenvalue weighted by atomic mass is 35.5. The minimum atomic E-state index is -0.638. The number of ketones is 1. The van der Waals surface area contributed by atoms with Crippen molar-refractivity contribution in [2.45, 2.75) is 0 Å². The summed E-state index contributed by atoms with van der Waals surface area (Å²) in [5.74, 6) is -0.208. The molecule has 0 aliphatic rings. The first kappa shape index (κ1) is 10.5. The number of anilines is 1. The number of carbonyl (C=O) groups is 2. The molecule has 0 aliphatic carbocycles. The number of rotatable bonds is 3. The van der Waals surface area contributed by atoms with Crippen LogP contribution in [0.5, 0.6) is 0 Å². The maximum absolute atomic E-state index is 11.1. The van der Waals surface area contributed by atoms with E-state index in [4.69, 9.17) is 17.3 Å². The molecule has 3 N–H and O–H groups in total. The summed E-state index contributed by atoms with van der Waals surface area (Å²) in [7, 11) is 0. The van der Waals surface area contributed by atoms with Crippen LogP contribution in [0.3, 0.4) is 0 Å². The Morgan fingerprint density at radius 1 is 1.29 bits per heavy atom. The number of nitrogens with two attached hydrogens (primary N) is 1. The van der Waals surface area contributed by atoms with E-state index in [1.165, 1.54) is 0 Å². The Morgan fingerprint density at radius 3 is 2.29 bits per heavy atom. The molecule has 0 bridgehead atoms. The van der Waals surface area contributed by atoms with Gasteiger partial charge in [0.1, 0.15) is 0 Å². The second-order valence-electron chi connectivity index (χ2n) is 2.62. The molecule has 5 heteroatoms. The maximum Gasteiger partial charge on any atom is 0.316 e. The summed E-state index contributed by atoms with van der Waals surface area (Å²) >= 11 is 5.37. The molecule has 0 spiro atoms. The number of hydrogen-bond acceptors (Lipinski definition) is 2. The second kappa shape index (κ2) is 4.62. The number of primary amides is 1. The van der Waals surface area contributed by atoms with Crippen LogP contribution in [0, 0.1) is 0 Å². The van der Waals surface area contributed by atoms with Crippen LogP contribution in [-0.4, -0.2) is 17.7 Å². The van der Waals surface area contributed by atoms with Crippen molar-refractivity contribution in [1.29, 1.82) is 0 Å². The van der Waals surface area contributed by atoms with Gasteiger partial charge >= 0.3 is 6.03 Å². The van der Waals surface area contributed by atoms with Crippen molar-refractivity contribution in [3.8, 4) is 0 Å². The maximum atomic E-state index is 11.1. The summed E-state index contributed by atoms with van der Waals surface area (Å²) in [6.07, 6.45) is 0. The quantitative estimate of drug-likeness (QED) is 0.590. The van der Waals surface area contributed by atoms with Gasteiger partial charge in [0, 0.05) is 11.3 Å². The third-order valence-electron chi connectivity index (χ3n) is 1.60. The van der Waals surface area contributed by atoms with Crippen LogP contribution in [0.15, 0.2) is 24.3 Å². The highest BCUT2D eigenvalue weighted by Crippen LogP contribution is 2.10. The minimum absolute atomic E-state index is 0.0530. The van der Waals surface area contributed by atoms with Crippen molar-refractivity contribution in [2.24, 2.45) is 5.73 Å². The van der Waals surface area contributed by atoms with E-state index in [0.717, 1.165) is 0 Å². The number of amides is 2. The number of benzene rings is 1. The molecule has 4 nitrogen and oxygen atoms in total. The zero-order valence-electron chi connectivity index (χ0n) is 7.29. The van der Waals surface area contributed by atoms with Crippen molar-refractivity contribution >= 4 is 29.1 Å².